The molecule has 0 bridgehead atoms. The standard InChI is InChI=1S/C20H14FO4S/c1-26(22,23)17-8-5-13(6-9-17)14-7-10-18-19(12-14)25-20(24-18)15-3-2-4-16(21)11-15/h2-6,8-12,20H,1H3. The molecule has 0 aliphatic carbocycles. The van der Waals surface area contributed by atoms with Crippen LogP contribution in [0.5, 0.6) is 11.5 Å². The highest BCUT2D eigenvalue weighted by Gasteiger charge is 2.26. The third-order valence-electron chi connectivity index (χ3n) is 4.06. The van der Waals surface area contributed by atoms with Crippen LogP contribution in [0.3, 0.4) is 0 Å². The molecule has 1 aliphatic rings. The van der Waals surface area contributed by atoms with E-state index in [1.807, 2.05) is 0 Å². The Hall–Kier alpha value is -2.86. The van der Waals surface area contributed by atoms with Crippen molar-refractivity contribution < 1.29 is 22.3 Å². The molecule has 1 unspecified atom stereocenters. The van der Waals surface area contributed by atoms with Crippen LogP contribution in [-0.4, -0.2) is 14.7 Å². The first kappa shape index (κ1) is 16.6. The minimum atomic E-state index is -3.24. The minimum absolute atomic E-state index is 0.258. The molecule has 1 heterocycles. The number of rotatable bonds is 3. The number of sulfone groups is 1. The second kappa shape index (κ2) is 6.14. The van der Waals surface area contributed by atoms with Gasteiger partial charge in [0, 0.05) is 11.8 Å². The van der Waals surface area contributed by atoms with Gasteiger partial charge >= 0.3 is 0 Å². The van der Waals surface area contributed by atoms with Gasteiger partial charge in [-0.25, -0.2) is 12.8 Å². The zero-order chi connectivity index (χ0) is 18.3. The molecule has 0 saturated heterocycles. The molecule has 3 aromatic rings. The normalized spacial score (nSPS) is 15.8. The molecule has 4 nitrogen and oxygen atoms in total. The minimum Gasteiger partial charge on any atom is -0.447 e. The average Bonchev–Trinajstić information content (AvgIpc) is 3.04. The van der Waals surface area contributed by atoms with Gasteiger partial charge in [-0.1, -0.05) is 24.3 Å². The van der Waals surface area contributed by atoms with E-state index < -0.39 is 16.1 Å². The summed E-state index contributed by atoms with van der Waals surface area (Å²) in [5.41, 5.74) is 2.13. The maximum Gasteiger partial charge on any atom is 0.268 e. The lowest BCUT2D eigenvalue weighted by Crippen LogP contribution is -2.07. The van der Waals surface area contributed by atoms with Gasteiger partial charge in [0.15, 0.2) is 21.3 Å². The first-order valence-corrected chi connectivity index (χ1v) is 9.74. The summed E-state index contributed by atoms with van der Waals surface area (Å²) < 4.78 is 48.0. The molecule has 131 valence electrons. The van der Waals surface area contributed by atoms with E-state index >= 15 is 0 Å². The SMILES string of the molecule is CS(=O)(=O)c1ccc(-c2[c]cc3c(c2)OC(c2cccc(F)c2)O3)cc1. The van der Waals surface area contributed by atoms with Gasteiger partial charge in [-0.2, -0.15) is 0 Å². The molecule has 1 aliphatic heterocycles. The predicted molar refractivity (Wildman–Crippen MR) is 94.2 cm³/mol. The summed E-state index contributed by atoms with van der Waals surface area (Å²) >= 11 is 0. The summed E-state index contributed by atoms with van der Waals surface area (Å²) in [5, 5.41) is 0. The average molecular weight is 369 g/mol. The zero-order valence-electron chi connectivity index (χ0n) is 13.8. The molecule has 0 N–H and O–H groups in total. The molecule has 4 rings (SSSR count). The number of ether oxygens (including phenoxy) is 2. The van der Waals surface area contributed by atoms with Gasteiger partial charge in [0.25, 0.3) is 6.29 Å². The summed E-state index contributed by atoms with van der Waals surface area (Å²) in [6.45, 7) is 0. The zero-order valence-corrected chi connectivity index (χ0v) is 14.6. The number of hydrogen-bond acceptors (Lipinski definition) is 4. The van der Waals surface area contributed by atoms with Crippen LogP contribution < -0.4 is 9.47 Å². The van der Waals surface area contributed by atoms with Crippen molar-refractivity contribution in [3.8, 4) is 22.6 Å². The van der Waals surface area contributed by atoms with Crippen molar-refractivity contribution in [1.29, 1.82) is 0 Å². The third kappa shape index (κ3) is 3.15. The van der Waals surface area contributed by atoms with Gasteiger partial charge in [-0.3, -0.25) is 0 Å². The summed E-state index contributed by atoms with van der Waals surface area (Å²) in [7, 11) is -3.24. The molecular weight excluding hydrogens is 355 g/mol. The fourth-order valence-electron chi connectivity index (χ4n) is 2.73. The largest absolute Gasteiger partial charge is 0.447 e. The molecular formula is C20H14FO4S. The van der Waals surface area contributed by atoms with Crippen LogP contribution in [0.1, 0.15) is 11.9 Å². The Kier molecular flexibility index (Phi) is 3.92. The van der Waals surface area contributed by atoms with Crippen molar-refractivity contribution >= 4 is 9.84 Å². The topological polar surface area (TPSA) is 52.6 Å². The van der Waals surface area contributed by atoms with E-state index in [1.54, 1.807) is 48.5 Å². The first-order valence-electron chi connectivity index (χ1n) is 7.85. The lowest BCUT2D eigenvalue weighted by molar-refractivity contribution is 0.0484. The second-order valence-corrected chi connectivity index (χ2v) is 8.01. The molecule has 6 heteroatoms. The Bertz CT molecular complexity index is 1080. The van der Waals surface area contributed by atoms with Gasteiger partial charge in [-0.05, 0) is 53.6 Å². The number of fused-ring (bicyclic) bond motifs is 1. The molecule has 3 aromatic carbocycles. The predicted octanol–water partition coefficient (Wildman–Crippen LogP) is 4.17. The van der Waals surface area contributed by atoms with E-state index in [0.717, 1.165) is 11.1 Å². The lowest BCUT2D eigenvalue weighted by Gasteiger charge is -2.10. The maximum absolute atomic E-state index is 13.4. The van der Waals surface area contributed by atoms with E-state index in [4.69, 9.17) is 9.47 Å². The molecule has 0 amide bonds. The van der Waals surface area contributed by atoms with Crippen molar-refractivity contribution in [3.63, 3.8) is 0 Å². The summed E-state index contributed by atoms with van der Waals surface area (Å²) in [6.07, 6.45) is 0.457. The number of halogens is 1. The summed E-state index contributed by atoms with van der Waals surface area (Å²) in [4.78, 5) is 0.258. The summed E-state index contributed by atoms with van der Waals surface area (Å²) in [6, 6.07) is 19.1. The molecule has 0 fully saturated rings. The highest BCUT2D eigenvalue weighted by atomic mass is 32.2. The summed E-state index contributed by atoms with van der Waals surface area (Å²) in [5.74, 6) is 0.694. The number of benzene rings is 3. The third-order valence-corrected chi connectivity index (χ3v) is 5.19. The van der Waals surface area contributed by atoms with Crippen LogP contribution in [0, 0.1) is 11.9 Å². The Morgan fingerprint density at radius 1 is 1.00 bits per heavy atom. The van der Waals surface area contributed by atoms with Crippen LogP contribution in [0.2, 0.25) is 0 Å². The second-order valence-electron chi connectivity index (χ2n) is 5.99. The van der Waals surface area contributed by atoms with Crippen molar-refractivity contribution in [1.82, 2.24) is 0 Å². The molecule has 0 saturated carbocycles. The Morgan fingerprint density at radius 3 is 2.42 bits per heavy atom. The van der Waals surface area contributed by atoms with Gasteiger partial charge in [-0.15, -0.1) is 0 Å². The quantitative estimate of drug-likeness (QED) is 0.695. The Balaban J connectivity index is 1.61. The van der Waals surface area contributed by atoms with Gasteiger partial charge in [0.2, 0.25) is 0 Å². The van der Waals surface area contributed by atoms with Crippen molar-refractivity contribution in [3.05, 3.63) is 78.1 Å². The Morgan fingerprint density at radius 2 is 1.73 bits per heavy atom. The maximum atomic E-state index is 13.4. The van der Waals surface area contributed by atoms with Crippen molar-refractivity contribution in [2.24, 2.45) is 0 Å². The van der Waals surface area contributed by atoms with E-state index in [9.17, 15) is 12.8 Å². The fraction of sp³-hybridized carbons (Fsp3) is 0.100. The molecule has 1 atom stereocenters. The molecule has 1 radical (unpaired) electrons. The van der Waals surface area contributed by atoms with Crippen molar-refractivity contribution in [2.75, 3.05) is 6.26 Å². The Labute approximate surface area is 150 Å². The molecule has 0 aromatic heterocycles. The molecule has 26 heavy (non-hydrogen) atoms. The lowest BCUT2D eigenvalue weighted by atomic mass is 10.1. The highest BCUT2D eigenvalue weighted by molar-refractivity contribution is 7.90. The van der Waals surface area contributed by atoms with Crippen LogP contribution in [-0.2, 0) is 9.84 Å². The smallest absolute Gasteiger partial charge is 0.268 e. The van der Waals surface area contributed by atoms with E-state index in [0.29, 0.717) is 17.1 Å². The van der Waals surface area contributed by atoms with Crippen LogP contribution in [0.25, 0.3) is 11.1 Å². The monoisotopic (exact) mass is 369 g/mol. The van der Waals surface area contributed by atoms with Gasteiger partial charge in [0.1, 0.15) is 5.82 Å². The van der Waals surface area contributed by atoms with Crippen molar-refractivity contribution in [2.45, 2.75) is 11.2 Å². The van der Waals surface area contributed by atoms with E-state index in [1.165, 1.54) is 18.4 Å². The van der Waals surface area contributed by atoms with Gasteiger partial charge < -0.3 is 9.47 Å². The van der Waals surface area contributed by atoms with Gasteiger partial charge in [0.05, 0.1) is 4.90 Å². The van der Waals surface area contributed by atoms with Crippen LogP contribution >= 0.6 is 0 Å². The van der Waals surface area contributed by atoms with E-state index in [2.05, 4.69) is 6.07 Å². The highest BCUT2D eigenvalue weighted by Crippen LogP contribution is 2.42. The molecule has 0 spiro atoms. The van der Waals surface area contributed by atoms with E-state index in [-0.39, 0.29) is 10.7 Å². The fourth-order valence-corrected chi connectivity index (χ4v) is 3.37. The van der Waals surface area contributed by atoms with Crippen LogP contribution in [0.4, 0.5) is 4.39 Å². The first-order chi connectivity index (χ1) is 12.4. The van der Waals surface area contributed by atoms with Crippen LogP contribution in [0.15, 0.2) is 65.6 Å². The number of hydrogen-bond donors (Lipinski definition) is 0.